The van der Waals surface area contributed by atoms with Crippen molar-refractivity contribution in [3.63, 3.8) is 0 Å². The first-order valence-electron chi connectivity index (χ1n) is 14.1. The van der Waals surface area contributed by atoms with Gasteiger partial charge in [0.05, 0.1) is 12.2 Å². The van der Waals surface area contributed by atoms with E-state index in [0.717, 1.165) is 18.4 Å². The molecule has 2 aromatic rings. The molecule has 3 aliphatic carbocycles. The molecule has 8 heteroatoms. The number of esters is 1. The lowest BCUT2D eigenvalue weighted by atomic mass is 9.42. The summed E-state index contributed by atoms with van der Waals surface area (Å²) in [5.41, 5.74) is -1.24. The third-order valence-electron chi connectivity index (χ3n) is 11.1. The minimum atomic E-state index is -1.73. The van der Waals surface area contributed by atoms with Crippen LogP contribution >= 0.6 is 0 Å². The standard InChI is InChI=1S/C31H37NO7/c1-26(2,35)25(34)39-27(3)16-37-31-13-12-28(4)29(5)17(14-19-18-8-6-7-9-20(18)32-23(19)29)10-11-30(28,36)22(31)15-21(33)24(27)38-31/h6-9,15,17,24,32,35-36H,10-14,16H2,1-5H3/t17-,24-,27-,28+,29+,30+,31-/m1/s1. The predicted molar refractivity (Wildman–Crippen MR) is 142 cm³/mol. The van der Waals surface area contributed by atoms with Gasteiger partial charge in [-0.25, -0.2) is 4.79 Å². The van der Waals surface area contributed by atoms with Crippen LogP contribution in [0.2, 0.25) is 0 Å². The Morgan fingerprint density at radius 1 is 1.15 bits per heavy atom. The fourth-order valence-corrected chi connectivity index (χ4v) is 8.66. The maximum atomic E-state index is 13.6. The van der Waals surface area contributed by atoms with Gasteiger partial charge < -0.3 is 29.4 Å². The first-order valence-corrected chi connectivity index (χ1v) is 14.1. The number of benzene rings is 1. The van der Waals surface area contributed by atoms with E-state index in [1.807, 2.05) is 6.07 Å². The molecule has 5 aliphatic rings. The van der Waals surface area contributed by atoms with Crippen molar-refractivity contribution in [1.29, 1.82) is 0 Å². The number of carbonyl (C=O) groups excluding carboxylic acids is 2. The molecule has 7 rings (SSSR count). The lowest BCUT2D eigenvalue weighted by Gasteiger charge is -2.67. The van der Waals surface area contributed by atoms with Gasteiger partial charge in [0.15, 0.2) is 28.9 Å². The van der Waals surface area contributed by atoms with E-state index in [-0.39, 0.29) is 17.8 Å². The van der Waals surface area contributed by atoms with E-state index in [4.69, 9.17) is 14.2 Å². The second-order valence-corrected chi connectivity index (χ2v) is 13.6. The molecule has 2 aliphatic heterocycles. The first-order chi connectivity index (χ1) is 18.2. The SMILES string of the molecule is CC(C)(O)C(=O)O[C@]1(C)CO[C@@]23CC[C@]4(C)[C@](O)(CC[C@@H]5Cc6c([nH]c7ccccc67)[C@]54C)C2=CC(=O)[C@H]1O3. The summed E-state index contributed by atoms with van der Waals surface area (Å²) in [6.45, 7) is 8.63. The molecule has 1 aromatic carbocycles. The normalized spacial score (nSPS) is 42.7. The van der Waals surface area contributed by atoms with Crippen molar-refractivity contribution in [2.24, 2.45) is 11.3 Å². The van der Waals surface area contributed by atoms with Crippen molar-refractivity contribution in [2.45, 2.75) is 101 Å². The van der Waals surface area contributed by atoms with E-state index in [2.05, 4.69) is 37.0 Å². The first kappa shape index (κ1) is 25.4. The van der Waals surface area contributed by atoms with Crippen LogP contribution in [0.15, 0.2) is 35.9 Å². The molecule has 0 radical (unpaired) electrons. The Morgan fingerprint density at radius 2 is 1.90 bits per heavy atom. The monoisotopic (exact) mass is 535 g/mol. The number of fused-ring (bicyclic) bond motifs is 9. The van der Waals surface area contributed by atoms with E-state index in [0.29, 0.717) is 30.8 Å². The second kappa shape index (κ2) is 7.40. The van der Waals surface area contributed by atoms with E-state index in [1.165, 1.54) is 36.6 Å². The molecule has 0 amide bonds. The number of H-pyrrole nitrogens is 1. The van der Waals surface area contributed by atoms with Gasteiger partial charge in [0.25, 0.3) is 0 Å². The molecule has 3 N–H and O–H groups in total. The zero-order valence-corrected chi connectivity index (χ0v) is 23.2. The molecule has 208 valence electrons. The molecule has 39 heavy (non-hydrogen) atoms. The Morgan fingerprint density at radius 3 is 2.64 bits per heavy atom. The molecule has 3 heterocycles. The molecular weight excluding hydrogens is 498 g/mol. The van der Waals surface area contributed by atoms with Gasteiger partial charge in [-0.3, -0.25) is 4.79 Å². The molecule has 1 spiro atoms. The number of aromatic amines is 1. The van der Waals surface area contributed by atoms with Crippen LogP contribution in [0, 0.1) is 11.3 Å². The summed E-state index contributed by atoms with van der Waals surface area (Å²) in [6, 6.07) is 8.38. The number of hydrogen-bond acceptors (Lipinski definition) is 7. The predicted octanol–water partition coefficient (Wildman–Crippen LogP) is 3.62. The second-order valence-electron chi connectivity index (χ2n) is 13.6. The van der Waals surface area contributed by atoms with Crippen molar-refractivity contribution < 1.29 is 34.0 Å². The summed E-state index contributed by atoms with van der Waals surface area (Å²) in [6.07, 6.45) is 3.79. The highest BCUT2D eigenvalue weighted by atomic mass is 16.7. The number of ether oxygens (including phenoxy) is 3. The fraction of sp³-hybridized carbons (Fsp3) is 0.613. The van der Waals surface area contributed by atoms with Gasteiger partial charge in [-0.15, -0.1) is 0 Å². The Bertz CT molecular complexity index is 1470. The lowest BCUT2D eigenvalue weighted by molar-refractivity contribution is -0.351. The fourth-order valence-electron chi connectivity index (χ4n) is 8.66. The highest BCUT2D eigenvalue weighted by molar-refractivity contribution is 5.97. The average molecular weight is 536 g/mol. The van der Waals surface area contributed by atoms with Crippen LogP contribution in [0.4, 0.5) is 0 Å². The summed E-state index contributed by atoms with van der Waals surface area (Å²) in [5.74, 6) is -2.11. The summed E-state index contributed by atoms with van der Waals surface area (Å²) in [7, 11) is 0. The highest BCUT2D eigenvalue weighted by Crippen LogP contribution is 2.71. The van der Waals surface area contributed by atoms with Crippen LogP contribution < -0.4 is 0 Å². The van der Waals surface area contributed by atoms with Gasteiger partial charge in [-0.05, 0) is 70.1 Å². The maximum Gasteiger partial charge on any atom is 0.338 e. The van der Waals surface area contributed by atoms with Gasteiger partial charge in [0.2, 0.25) is 0 Å². The van der Waals surface area contributed by atoms with Crippen LogP contribution in [0.1, 0.15) is 71.6 Å². The minimum Gasteiger partial charge on any atom is -0.451 e. The summed E-state index contributed by atoms with van der Waals surface area (Å²) < 4.78 is 18.4. The summed E-state index contributed by atoms with van der Waals surface area (Å²) in [5, 5.41) is 24.1. The van der Waals surface area contributed by atoms with Crippen LogP contribution in [0.5, 0.6) is 0 Å². The molecular formula is C31H37NO7. The Kier molecular flexibility index (Phi) is 4.83. The third-order valence-corrected chi connectivity index (χ3v) is 11.1. The van der Waals surface area contributed by atoms with Gasteiger partial charge in [-0.1, -0.05) is 32.0 Å². The van der Waals surface area contributed by atoms with Crippen molar-refractivity contribution >= 4 is 22.7 Å². The van der Waals surface area contributed by atoms with Crippen LogP contribution in [-0.2, 0) is 35.6 Å². The molecule has 2 bridgehead atoms. The number of aliphatic hydroxyl groups is 2. The van der Waals surface area contributed by atoms with Gasteiger partial charge >= 0.3 is 5.97 Å². The molecule has 1 aromatic heterocycles. The van der Waals surface area contributed by atoms with E-state index in [1.54, 1.807) is 6.92 Å². The molecule has 1 saturated heterocycles. The number of rotatable bonds is 2. The van der Waals surface area contributed by atoms with Crippen molar-refractivity contribution in [2.75, 3.05) is 6.61 Å². The van der Waals surface area contributed by atoms with Crippen LogP contribution in [-0.4, -0.2) is 62.3 Å². The maximum absolute atomic E-state index is 13.6. The van der Waals surface area contributed by atoms with Gasteiger partial charge in [-0.2, -0.15) is 0 Å². The smallest absolute Gasteiger partial charge is 0.338 e. The number of carbonyl (C=O) groups is 2. The molecule has 2 saturated carbocycles. The quantitative estimate of drug-likeness (QED) is 0.503. The lowest BCUT2D eigenvalue weighted by Crippen LogP contribution is -2.74. The summed E-state index contributed by atoms with van der Waals surface area (Å²) in [4.78, 5) is 29.9. The van der Waals surface area contributed by atoms with E-state index < -0.39 is 40.1 Å². The molecule has 7 atom stereocenters. The van der Waals surface area contributed by atoms with Crippen LogP contribution in [0.25, 0.3) is 10.9 Å². The Labute approximate surface area is 227 Å². The zero-order valence-electron chi connectivity index (χ0n) is 23.2. The van der Waals surface area contributed by atoms with E-state index in [9.17, 15) is 19.8 Å². The topological polar surface area (TPSA) is 118 Å². The Balaban J connectivity index is 1.31. The van der Waals surface area contributed by atoms with Crippen molar-refractivity contribution in [1.82, 2.24) is 4.98 Å². The van der Waals surface area contributed by atoms with Gasteiger partial charge in [0.1, 0.15) is 0 Å². The Hall–Kier alpha value is -2.52. The summed E-state index contributed by atoms with van der Waals surface area (Å²) >= 11 is 0. The largest absolute Gasteiger partial charge is 0.451 e. The number of para-hydroxylation sites is 1. The van der Waals surface area contributed by atoms with Gasteiger partial charge in [0, 0.05) is 39.4 Å². The van der Waals surface area contributed by atoms with E-state index >= 15 is 0 Å². The average Bonchev–Trinajstić information content (AvgIpc) is 3.39. The number of ketones is 1. The molecule has 0 unspecified atom stereocenters. The number of nitrogens with one attached hydrogen (secondary N) is 1. The van der Waals surface area contributed by atoms with Crippen molar-refractivity contribution in [3.05, 3.63) is 47.2 Å². The highest BCUT2D eigenvalue weighted by Gasteiger charge is 2.74. The van der Waals surface area contributed by atoms with Crippen LogP contribution in [0.3, 0.4) is 0 Å². The molecule has 3 fully saturated rings. The minimum absolute atomic E-state index is 0.0819. The van der Waals surface area contributed by atoms with Crippen molar-refractivity contribution in [3.8, 4) is 0 Å². The number of aromatic nitrogens is 1. The zero-order chi connectivity index (χ0) is 27.8. The molecule has 8 nitrogen and oxygen atoms in total. The third kappa shape index (κ3) is 2.93. The number of hydrogen-bond donors (Lipinski definition) is 3.